The summed E-state index contributed by atoms with van der Waals surface area (Å²) < 4.78 is 0. The fourth-order valence-corrected chi connectivity index (χ4v) is 2.82. The van der Waals surface area contributed by atoms with Crippen LogP contribution >= 0.6 is 0 Å². The number of nitrogens with one attached hydrogen (secondary N) is 1. The van der Waals surface area contributed by atoms with E-state index in [1.165, 1.54) is 12.8 Å². The van der Waals surface area contributed by atoms with Crippen LogP contribution in [0.15, 0.2) is 49.1 Å². The Kier molecular flexibility index (Phi) is 4.91. The zero-order valence-electron chi connectivity index (χ0n) is 13.7. The molecule has 3 rings (SSSR count). The van der Waals surface area contributed by atoms with Gasteiger partial charge in [0.05, 0.1) is 0 Å². The van der Waals surface area contributed by atoms with Crippen LogP contribution in [0.3, 0.4) is 0 Å². The van der Waals surface area contributed by atoms with E-state index in [-0.39, 0.29) is 0 Å². The molecule has 1 aromatic heterocycles. The molecule has 2 heterocycles. The van der Waals surface area contributed by atoms with E-state index in [9.17, 15) is 0 Å². The number of hydrogen-bond acceptors (Lipinski definition) is 4. The van der Waals surface area contributed by atoms with Gasteiger partial charge in [0, 0.05) is 31.3 Å². The van der Waals surface area contributed by atoms with Gasteiger partial charge in [-0.3, -0.25) is 0 Å². The molecule has 1 N–H and O–H groups in total. The van der Waals surface area contributed by atoms with Crippen LogP contribution in [-0.4, -0.2) is 29.6 Å². The summed E-state index contributed by atoms with van der Waals surface area (Å²) in [5.41, 5.74) is 1.04. The van der Waals surface area contributed by atoms with Crippen molar-refractivity contribution in [1.82, 2.24) is 9.97 Å². The van der Waals surface area contributed by atoms with E-state index >= 15 is 0 Å². The topological polar surface area (TPSA) is 41.0 Å². The van der Waals surface area contributed by atoms with Crippen molar-refractivity contribution in [2.24, 2.45) is 5.92 Å². The summed E-state index contributed by atoms with van der Waals surface area (Å²) in [6.07, 6.45) is 4.28. The number of piperidine rings is 1. The van der Waals surface area contributed by atoms with Crippen LogP contribution in [0.2, 0.25) is 0 Å². The Bertz CT molecular complexity index is 646. The monoisotopic (exact) mass is 308 g/mol. The van der Waals surface area contributed by atoms with Crippen molar-refractivity contribution in [2.75, 3.05) is 29.9 Å². The third-order valence-corrected chi connectivity index (χ3v) is 4.28. The van der Waals surface area contributed by atoms with Crippen LogP contribution in [-0.2, 0) is 0 Å². The number of hydrogen-bond donors (Lipinski definition) is 1. The average Bonchev–Trinajstić information content (AvgIpc) is 2.61. The Morgan fingerprint density at radius 1 is 1.22 bits per heavy atom. The van der Waals surface area contributed by atoms with Crippen LogP contribution in [0.5, 0.6) is 0 Å². The number of nitrogens with zero attached hydrogens (tertiary/aromatic N) is 3. The van der Waals surface area contributed by atoms with Crippen LogP contribution in [0, 0.1) is 5.92 Å². The van der Waals surface area contributed by atoms with Gasteiger partial charge >= 0.3 is 0 Å². The maximum absolute atomic E-state index is 4.81. The van der Waals surface area contributed by atoms with Crippen molar-refractivity contribution in [3.05, 3.63) is 49.1 Å². The van der Waals surface area contributed by atoms with E-state index in [1.807, 2.05) is 30.3 Å². The van der Waals surface area contributed by atoms with Gasteiger partial charge in [0.2, 0.25) is 0 Å². The van der Waals surface area contributed by atoms with Gasteiger partial charge in [-0.1, -0.05) is 43.3 Å². The molecule has 1 aliphatic rings. The van der Waals surface area contributed by atoms with Gasteiger partial charge in [0.15, 0.2) is 5.82 Å². The lowest BCUT2D eigenvalue weighted by Gasteiger charge is -2.31. The first-order valence-electron chi connectivity index (χ1n) is 8.30. The van der Waals surface area contributed by atoms with Crippen molar-refractivity contribution in [1.29, 1.82) is 0 Å². The predicted molar refractivity (Wildman–Crippen MR) is 96.8 cm³/mol. The SMILES string of the molecule is C=CCNc1cc(N2CCC(C)CC2)nc(-c2ccccc2)n1. The van der Waals surface area contributed by atoms with Gasteiger partial charge in [-0.05, 0) is 18.8 Å². The van der Waals surface area contributed by atoms with Crippen molar-refractivity contribution in [3.63, 3.8) is 0 Å². The van der Waals surface area contributed by atoms with Gasteiger partial charge in [0.1, 0.15) is 11.6 Å². The molecule has 23 heavy (non-hydrogen) atoms. The molecule has 0 radical (unpaired) electrons. The van der Waals surface area contributed by atoms with Crippen molar-refractivity contribution >= 4 is 11.6 Å². The molecule has 4 nitrogen and oxygen atoms in total. The van der Waals surface area contributed by atoms with Gasteiger partial charge in [-0.25, -0.2) is 9.97 Å². The van der Waals surface area contributed by atoms with Gasteiger partial charge < -0.3 is 10.2 Å². The molecule has 0 bridgehead atoms. The highest BCUT2D eigenvalue weighted by molar-refractivity contribution is 5.61. The highest BCUT2D eigenvalue weighted by Gasteiger charge is 2.18. The smallest absolute Gasteiger partial charge is 0.163 e. The molecule has 1 aromatic carbocycles. The minimum atomic E-state index is 0.696. The van der Waals surface area contributed by atoms with Crippen LogP contribution < -0.4 is 10.2 Å². The van der Waals surface area contributed by atoms with Crippen molar-refractivity contribution in [2.45, 2.75) is 19.8 Å². The predicted octanol–water partition coefficient (Wildman–Crippen LogP) is 3.98. The van der Waals surface area contributed by atoms with E-state index in [2.05, 4.69) is 40.8 Å². The Hall–Kier alpha value is -2.36. The average molecular weight is 308 g/mol. The van der Waals surface area contributed by atoms with Gasteiger partial charge in [-0.2, -0.15) is 0 Å². The third-order valence-electron chi connectivity index (χ3n) is 4.28. The van der Waals surface area contributed by atoms with Crippen LogP contribution in [0.25, 0.3) is 11.4 Å². The fraction of sp³-hybridized carbons (Fsp3) is 0.368. The first-order valence-corrected chi connectivity index (χ1v) is 8.30. The van der Waals surface area contributed by atoms with Crippen LogP contribution in [0.1, 0.15) is 19.8 Å². The van der Waals surface area contributed by atoms with Crippen molar-refractivity contribution < 1.29 is 0 Å². The van der Waals surface area contributed by atoms with Crippen molar-refractivity contribution in [3.8, 4) is 11.4 Å². The van der Waals surface area contributed by atoms with Crippen LogP contribution in [0.4, 0.5) is 11.6 Å². The summed E-state index contributed by atoms with van der Waals surface area (Å²) in [6.45, 7) is 8.91. The lowest BCUT2D eigenvalue weighted by atomic mass is 9.99. The molecule has 0 unspecified atom stereocenters. The largest absolute Gasteiger partial charge is 0.366 e. The second kappa shape index (κ2) is 7.27. The third kappa shape index (κ3) is 3.89. The molecule has 0 amide bonds. The molecule has 2 aromatic rings. The molecule has 1 saturated heterocycles. The normalized spacial score (nSPS) is 15.4. The summed E-state index contributed by atoms with van der Waals surface area (Å²) in [4.78, 5) is 11.8. The van der Waals surface area contributed by atoms with Gasteiger partial charge in [0.25, 0.3) is 0 Å². The zero-order valence-corrected chi connectivity index (χ0v) is 13.7. The van der Waals surface area contributed by atoms with E-state index < -0.39 is 0 Å². The van der Waals surface area contributed by atoms with E-state index in [4.69, 9.17) is 4.98 Å². The molecule has 0 atom stereocenters. The minimum absolute atomic E-state index is 0.696. The first kappa shape index (κ1) is 15.5. The number of benzene rings is 1. The quantitative estimate of drug-likeness (QED) is 0.848. The standard InChI is InChI=1S/C19H24N4/c1-3-11-20-17-14-18(23-12-9-15(2)10-13-23)22-19(21-17)16-7-5-4-6-8-16/h3-8,14-15H,1,9-13H2,2H3,(H,20,21,22). The second-order valence-corrected chi connectivity index (χ2v) is 6.14. The lowest BCUT2D eigenvalue weighted by Crippen LogP contribution is -2.33. The molecule has 1 aliphatic heterocycles. The first-order chi connectivity index (χ1) is 11.3. The van der Waals surface area contributed by atoms with E-state index in [0.29, 0.717) is 6.54 Å². The van der Waals surface area contributed by atoms with E-state index in [1.54, 1.807) is 0 Å². The highest BCUT2D eigenvalue weighted by atomic mass is 15.2. The summed E-state index contributed by atoms with van der Waals surface area (Å²) >= 11 is 0. The maximum Gasteiger partial charge on any atom is 0.163 e. The second-order valence-electron chi connectivity index (χ2n) is 6.14. The zero-order chi connectivity index (χ0) is 16.1. The summed E-state index contributed by atoms with van der Waals surface area (Å²) in [7, 11) is 0. The lowest BCUT2D eigenvalue weighted by molar-refractivity contribution is 0.436. The molecule has 0 saturated carbocycles. The molecular weight excluding hydrogens is 284 g/mol. The number of rotatable bonds is 5. The highest BCUT2D eigenvalue weighted by Crippen LogP contribution is 2.26. The number of anilines is 2. The molecular formula is C19H24N4. The Morgan fingerprint density at radius 3 is 2.65 bits per heavy atom. The Morgan fingerprint density at radius 2 is 1.96 bits per heavy atom. The maximum atomic E-state index is 4.81. The molecule has 1 fully saturated rings. The molecule has 0 spiro atoms. The minimum Gasteiger partial charge on any atom is -0.366 e. The molecule has 0 aliphatic carbocycles. The molecule has 4 heteroatoms. The summed E-state index contributed by atoms with van der Waals surface area (Å²) in [5, 5.41) is 3.30. The Labute approximate surface area is 138 Å². The van der Waals surface area contributed by atoms with Gasteiger partial charge in [-0.15, -0.1) is 6.58 Å². The summed E-state index contributed by atoms with van der Waals surface area (Å²) in [6, 6.07) is 12.2. The fourth-order valence-electron chi connectivity index (χ4n) is 2.82. The molecule has 120 valence electrons. The Balaban J connectivity index is 1.93. The van der Waals surface area contributed by atoms with E-state index in [0.717, 1.165) is 42.0 Å². The summed E-state index contributed by atoms with van der Waals surface area (Å²) in [5.74, 6) is 3.44. The number of aromatic nitrogens is 2.